The summed E-state index contributed by atoms with van der Waals surface area (Å²) in [5, 5.41) is 16.4. The Morgan fingerprint density at radius 2 is 2.09 bits per heavy atom. The Bertz CT molecular complexity index is 707. The van der Waals surface area contributed by atoms with Gasteiger partial charge in [0.25, 0.3) is 0 Å². The summed E-state index contributed by atoms with van der Waals surface area (Å²) < 4.78 is 0. The van der Waals surface area contributed by atoms with E-state index in [1.807, 2.05) is 6.92 Å². The predicted molar refractivity (Wildman–Crippen MR) is 93.1 cm³/mol. The van der Waals surface area contributed by atoms with Crippen LogP contribution >= 0.6 is 23.2 Å². The fourth-order valence-electron chi connectivity index (χ4n) is 2.64. The minimum Gasteiger partial charge on any atom is -0.399 e. The zero-order valence-electron chi connectivity index (χ0n) is 13.1. The molecule has 1 aromatic heterocycles. The Kier molecular flexibility index (Phi) is 5.63. The molecule has 122 valence electrons. The van der Waals surface area contributed by atoms with E-state index in [9.17, 15) is 5.11 Å². The predicted octanol–water partition coefficient (Wildman–Crippen LogP) is 4.40. The Labute approximate surface area is 145 Å². The van der Waals surface area contributed by atoms with Crippen LogP contribution in [-0.4, -0.2) is 22.9 Å². The molecule has 0 aliphatic carbocycles. The number of nitrogens with zero attached hydrogens (tertiary/aromatic N) is 2. The molecule has 2 unspecified atom stereocenters. The van der Waals surface area contributed by atoms with Gasteiger partial charge in [-0.1, -0.05) is 47.4 Å². The molecule has 1 N–H and O–H groups in total. The zero-order chi connectivity index (χ0) is 17.0. The van der Waals surface area contributed by atoms with Crippen LogP contribution in [0.15, 0.2) is 47.9 Å². The van der Waals surface area contributed by atoms with Gasteiger partial charge in [0.1, 0.15) is 12.7 Å². The molecule has 0 bridgehead atoms. The van der Waals surface area contributed by atoms with E-state index in [1.165, 1.54) is 7.11 Å². The average Bonchev–Trinajstić information content (AvgIpc) is 2.54. The molecular formula is C17H18Cl2N2O2. The van der Waals surface area contributed by atoms with Crippen molar-refractivity contribution in [3.63, 3.8) is 0 Å². The van der Waals surface area contributed by atoms with Gasteiger partial charge in [0.05, 0.1) is 5.71 Å². The zero-order valence-corrected chi connectivity index (χ0v) is 14.6. The lowest BCUT2D eigenvalue weighted by atomic mass is 9.76. The Hall–Kier alpha value is -1.62. The third-order valence-corrected chi connectivity index (χ3v) is 4.50. The van der Waals surface area contributed by atoms with Gasteiger partial charge >= 0.3 is 0 Å². The summed E-state index contributed by atoms with van der Waals surface area (Å²) in [5.74, 6) is -0.393. The first kappa shape index (κ1) is 17.7. The Morgan fingerprint density at radius 1 is 1.35 bits per heavy atom. The molecule has 0 aliphatic heterocycles. The van der Waals surface area contributed by atoms with Gasteiger partial charge in [0.2, 0.25) is 0 Å². The van der Waals surface area contributed by atoms with Crippen molar-refractivity contribution in [2.45, 2.75) is 25.4 Å². The summed E-state index contributed by atoms with van der Waals surface area (Å²) in [6.45, 7) is 3.58. The summed E-state index contributed by atoms with van der Waals surface area (Å²) in [6, 6.07) is 8.75. The van der Waals surface area contributed by atoms with Crippen LogP contribution in [0.25, 0.3) is 0 Å². The van der Waals surface area contributed by atoms with E-state index in [1.54, 1.807) is 49.6 Å². The molecule has 1 aromatic carbocycles. The molecule has 0 saturated carbocycles. The summed E-state index contributed by atoms with van der Waals surface area (Å²) in [6.07, 6.45) is 3.25. The standard InChI is InChI=1S/C17H18Cl2N2O2/c1-11(15-7-6-14(18)9-16(15)19)17(22,12(2)21-23-3)13-5-4-8-20-10-13/h4-11,22H,1-3H3. The minimum atomic E-state index is -1.41. The molecule has 0 aliphatic rings. The van der Waals surface area contributed by atoms with Crippen LogP contribution in [0.1, 0.15) is 30.9 Å². The van der Waals surface area contributed by atoms with E-state index in [-0.39, 0.29) is 0 Å². The maximum Gasteiger partial charge on any atom is 0.139 e. The molecule has 6 heteroatoms. The maximum absolute atomic E-state index is 11.5. The number of hydrogen-bond acceptors (Lipinski definition) is 4. The van der Waals surface area contributed by atoms with E-state index in [4.69, 9.17) is 28.0 Å². The van der Waals surface area contributed by atoms with Crippen molar-refractivity contribution in [3.8, 4) is 0 Å². The monoisotopic (exact) mass is 352 g/mol. The number of pyridine rings is 1. The Balaban J connectivity index is 2.60. The highest BCUT2D eigenvalue weighted by Crippen LogP contribution is 2.41. The normalized spacial score (nSPS) is 15.8. The van der Waals surface area contributed by atoms with Gasteiger partial charge in [-0.15, -0.1) is 0 Å². The molecule has 4 nitrogen and oxygen atoms in total. The molecular weight excluding hydrogens is 335 g/mol. The first-order valence-electron chi connectivity index (χ1n) is 7.07. The molecule has 2 aromatic rings. The number of benzene rings is 1. The van der Waals surface area contributed by atoms with Gasteiger partial charge in [-0.2, -0.15) is 0 Å². The SMILES string of the molecule is CON=C(C)C(O)(c1cccnc1)C(C)c1ccc(Cl)cc1Cl. The largest absolute Gasteiger partial charge is 0.399 e. The van der Waals surface area contributed by atoms with E-state index in [2.05, 4.69) is 10.1 Å². The average molecular weight is 353 g/mol. The lowest BCUT2D eigenvalue weighted by Crippen LogP contribution is -2.39. The minimum absolute atomic E-state index is 0.393. The van der Waals surface area contributed by atoms with E-state index >= 15 is 0 Å². The van der Waals surface area contributed by atoms with Crippen LogP contribution in [0.2, 0.25) is 10.0 Å². The molecule has 0 amide bonds. The van der Waals surface area contributed by atoms with E-state index in [0.717, 1.165) is 5.56 Å². The van der Waals surface area contributed by atoms with Crippen molar-refractivity contribution in [3.05, 3.63) is 63.9 Å². The van der Waals surface area contributed by atoms with E-state index in [0.29, 0.717) is 21.3 Å². The molecule has 2 atom stereocenters. The van der Waals surface area contributed by atoms with Crippen LogP contribution in [0.4, 0.5) is 0 Å². The molecule has 23 heavy (non-hydrogen) atoms. The number of rotatable bonds is 5. The molecule has 0 spiro atoms. The first-order valence-corrected chi connectivity index (χ1v) is 7.83. The third kappa shape index (κ3) is 3.50. The van der Waals surface area contributed by atoms with Gasteiger partial charge in [-0.05, 0) is 30.7 Å². The van der Waals surface area contributed by atoms with E-state index < -0.39 is 11.5 Å². The number of aromatic nitrogens is 1. The van der Waals surface area contributed by atoms with Crippen LogP contribution < -0.4 is 0 Å². The van der Waals surface area contributed by atoms with Crippen molar-refractivity contribution >= 4 is 28.9 Å². The summed E-state index contributed by atoms with van der Waals surface area (Å²) in [4.78, 5) is 8.96. The molecule has 0 fully saturated rings. The topological polar surface area (TPSA) is 54.7 Å². The number of oxime groups is 1. The van der Waals surface area contributed by atoms with Gasteiger partial charge < -0.3 is 9.94 Å². The van der Waals surface area contributed by atoms with Crippen molar-refractivity contribution in [2.24, 2.45) is 5.16 Å². The van der Waals surface area contributed by atoms with Gasteiger partial charge in [-0.25, -0.2) is 0 Å². The van der Waals surface area contributed by atoms with Crippen molar-refractivity contribution in [1.29, 1.82) is 0 Å². The van der Waals surface area contributed by atoms with Crippen LogP contribution in [0.5, 0.6) is 0 Å². The molecule has 1 heterocycles. The Morgan fingerprint density at radius 3 is 2.65 bits per heavy atom. The maximum atomic E-state index is 11.5. The van der Waals surface area contributed by atoms with Crippen LogP contribution in [0.3, 0.4) is 0 Å². The van der Waals surface area contributed by atoms with Crippen molar-refractivity contribution in [1.82, 2.24) is 4.98 Å². The lowest BCUT2D eigenvalue weighted by Gasteiger charge is -2.34. The first-order chi connectivity index (χ1) is 10.9. The fourth-order valence-corrected chi connectivity index (χ4v) is 3.22. The second-order valence-corrected chi connectivity index (χ2v) is 6.10. The third-order valence-electron chi connectivity index (χ3n) is 3.94. The van der Waals surface area contributed by atoms with Gasteiger partial charge in [0.15, 0.2) is 0 Å². The quantitative estimate of drug-likeness (QED) is 0.640. The highest BCUT2D eigenvalue weighted by atomic mass is 35.5. The molecule has 0 radical (unpaired) electrons. The molecule has 0 saturated heterocycles. The van der Waals surface area contributed by atoms with Crippen LogP contribution in [-0.2, 0) is 10.4 Å². The number of halogens is 2. The highest BCUT2D eigenvalue weighted by molar-refractivity contribution is 6.35. The number of hydrogen-bond donors (Lipinski definition) is 1. The summed E-state index contributed by atoms with van der Waals surface area (Å²) in [7, 11) is 1.44. The molecule has 2 rings (SSSR count). The smallest absolute Gasteiger partial charge is 0.139 e. The van der Waals surface area contributed by atoms with Crippen LogP contribution in [0, 0.1) is 0 Å². The van der Waals surface area contributed by atoms with Gasteiger partial charge in [0, 0.05) is 33.9 Å². The number of aliphatic hydroxyl groups is 1. The van der Waals surface area contributed by atoms with Crippen molar-refractivity contribution in [2.75, 3.05) is 7.11 Å². The second-order valence-electron chi connectivity index (χ2n) is 5.25. The lowest BCUT2D eigenvalue weighted by molar-refractivity contribution is 0.0773. The van der Waals surface area contributed by atoms with Crippen molar-refractivity contribution < 1.29 is 9.94 Å². The summed E-state index contributed by atoms with van der Waals surface area (Å²) >= 11 is 12.3. The fraction of sp³-hybridized carbons (Fsp3) is 0.294. The van der Waals surface area contributed by atoms with Gasteiger partial charge in [-0.3, -0.25) is 4.98 Å². The summed E-state index contributed by atoms with van der Waals surface area (Å²) in [5.41, 5.74) is 0.360. The second kappa shape index (κ2) is 7.30. The highest BCUT2D eigenvalue weighted by Gasteiger charge is 2.41.